The molecule has 102 valence electrons. The molecule has 0 heterocycles. The van der Waals surface area contributed by atoms with Crippen molar-refractivity contribution < 1.29 is 4.74 Å². The molecule has 0 aromatic rings. The monoisotopic (exact) mass is 242 g/mol. The first-order valence-corrected chi connectivity index (χ1v) is 7.18. The summed E-state index contributed by atoms with van der Waals surface area (Å²) in [5.41, 5.74) is 0. The first kappa shape index (κ1) is 14.9. The molecule has 1 N–H and O–H groups in total. The van der Waals surface area contributed by atoms with Crippen LogP contribution in [0.15, 0.2) is 0 Å². The summed E-state index contributed by atoms with van der Waals surface area (Å²) in [5.74, 6) is 0. The molecule has 0 aromatic carbocycles. The Kier molecular flexibility index (Phi) is 7.09. The Bertz CT molecular complexity index is 191. The average Bonchev–Trinajstić information content (AvgIpc) is 2.19. The fourth-order valence-corrected chi connectivity index (χ4v) is 2.39. The Labute approximate surface area is 107 Å². The van der Waals surface area contributed by atoms with Gasteiger partial charge < -0.3 is 15.0 Å². The van der Waals surface area contributed by atoms with Gasteiger partial charge in [0.1, 0.15) is 0 Å². The second-order valence-corrected chi connectivity index (χ2v) is 5.64. The fraction of sp³-hybridized carbons (Fsp3) is 1.00. The van der Waals surface area contributed by atoms with E-state index in [4.69, 9.17) is 4.74 Å². The van der Waals surface area contributed by atoms with Crippen LogP contribution < -0.4 is 5.32 Å². The molecule has 0 aromatic heterocycles. The molecule has 0 aliphatic heterocycles. The van der Waals surface area contributed by atoms with Crippen LogP contribution in [0.25, 0.3) is 0 Å². The van der Waals surface area contributed by atoms with Crippen LogP contribution in [-0.4, -0.2) is 49.8 Å². The highest BCUT2D eigenvalue weighted by atomic mass is 16.5. The van der Waals surface area contributed by atoms with E-state index in [1.54, 1.807) is 0 Å². The second kappa shape index (κ2) is 8.06. The zero-order valence-electron chi connectivity index (χ0n) is 12.0. The molecule has 1 aliphatic carbocycles. The summed E-state index contributed by atoms with van der Waals surface area (Å²) in [6, 6.07) is 1.30. The molecule has 1 aliphatic rings. The summed E-state index contributed by atoms with van der Waals surface area (Å²) in [7, 11) is 2.19. The number of hydrogen-bond donors (Lipinski definition) is 1. The van der Waals surface area contributed by atoms with E-state index in [-0.39, 0.29) is 0 Å². The minimum atomic E-state index is 0.516. The van der Waals surface area contributed by atoms with Gasteiger partial charge in [0.05, 0.1) is 6.10 Å². The van der Waals surface area contributed by atoms with Crippen molar-refractivity contribution in [1.29, 1.82) is 0 Å². The largest absolute Gasteiger partial charge is 0.378 e. The lowest BCUT2D eigenvalue weighted by atomic mass is 9.89. The number of rotatable bonds is 9. The van der Waals surface area contributed by atoms with Gasteiger partial charge in [-0.1, -0.05) is 20.8 Å². The van der Waals surface area contributed by atoms with Crippen LogP contribution in [0, 0.1) is 0 Å². The molecule has 0 saturated heterocycles. The van der Waals surface area contributed by atoms with Crippen LogP contribution in [-0.2, 0) is 4.74 Å². The van der Waals surface area contributed by atoms with Gasteiger partial charge in [0.15, 0.2) is 0 Å². The van der Waals surface area contributed by atoms with Crippen molar-refractivity contribution in [1.82, 2.24) is 10.2 Å². The maximum atomic E-state index is 5.85. The summed E-state index contributed by atoms with van der Waals surface area (Å²) in [4.78, 5) is 2.38. The van der Waals surface area contributed by atoms with Gasteiger partial charge in [-0.25, -0.2) is 0 Å². The number of ether oxygens (including phenoxy) is 1. The van der Waals surface area contributed by atoms with Crippen LogP contribution in [0.4, 0.5) is 0 Å². The Morgan fingerprint density at radius 3 is 2.59 bits per heavy atom. The molecule has 3 heteroatoms. The zero-order valence-corrected chi connectivity index (χ0v) is 12.0. The van der Waals surface area contributed by atoms with Crippen molar-refractivity contribution in [2.75, 3.05) is 26.7 Å². The number of hydrogen-bond acceptors (Lipinski definition) is 3. The molecule has 0 radical (unpaired) electrons. The molecule has 3 nitrogen and oxygen atoms in total. The van der Waals surface area contributed by atoms with Crippen LogP contribution in [0.2, 0.25) is 0 Å². The molecule has 0 bridgehead atoms. The van der Waals surface area contributed by atoms with Crippen LogP contribution in [0.3, 0.4) is 0 Å². The third-order valence-electron chi connectivity index (χ3n) is 3.31. The minimum absolute atomic E-state index is 0.516. The predicted molar refractivity (Wildman–Crippen MR) is 73.4 cm³/mol. The van der Waals surface area contributed by atoms with E-state index in [2.05, 4.69) is 38.0 Å². The Morgan fingerprint density at radius 1 is 1.29 bits per heavy atom. The summed E-state index contributed by atoms with van der Waals surface area (Å²) >= 11 is 0. The number of nitrogens with zero attached hydrogens (tertiary/aromatic N) is 1. The van der Waals surface area contributed by atoms with Crippen molar-refractivity contribution in [2.24, 2.45) is 0 Å². The van der Waals surface area contributed by atoms with E-state index in [9.17, 15) is 0 Å². The van der Waals surface area contributed by atoms with Gasteiger partial charge in [0, 0.05) is 25.2 Å². The normalized spacial score (nSPS) is 24.4. The smallest absolute Gasteiger partial charge is 0.0604 e. The molecule has 0 spiro atoms. The number of nitrogens with one attached hydrogen (secondary N) is 1. The molecule has 0 atom stereocenters. The predicted octanol–water partition coefficient (Wildman–Crippen LogP) is 2.26. The Hall–Kier alpha value is -0.120. The SMILES string of the molecule is CCCN(C)CCCO[C@H]1C[C@H](NC(C)C)C1. The van der Waals surface area contributed by atoms with Crippen molar-refractivity contribution >= 4 is 0 Å². The lowest BCUT2D eigenvalue weighted by Crippen LogP contribution is -2.48. The van der Waals surface area contributed by atoms with Gasteiger partial charge in [0.2, 0.25) is 0 Å². The topological polar surface area (TPSA) is 24.5 Å². The third kappa shape index (κ3) is 6.39. The summed E-state index contributed by atoms with van der Waals surface area (Å²) < 4.78 is 5.85. The maximum Gasteiger partial charge on any atom is 0.0604 e. The van der Waals surface area contributed by atoms with Crippen LogP contribution in [0.5, 0.6) is 0 Å². The van der Waals surface area contributed by atoms with Crippen molar-refractivity contribution in [3.63, 3.8) is 0 Å². The van der Waals surface area contributed by atoms with Crippen molar-refractivity contribution in [3.05, 3.63) is 0 Å². The average molecular weight is 242 g/mol. The standard InChI is InChI=1S/C14H30N2O/c1-5-7-16(4)8-6-9-17-14-10-13(11-14)15-12(2)3/h12-15H,5-11H2,1-4H3/t13-,14-. The molecule has 0 unspecified atom stereocenters. The molecule has 1 saturated carbocycles. The van der Waals surface area contributed by atoms with E-state index < -0.39 is 0 Å². The fourth-order valence-electron chi connectivity index (χ4n) is 2.39. The Morgan fingerprint density at radius 2 is 2.00 bits per heavy atom. The Balaban J connectivity index is 1.89. The van der Waals surface area contributed by atoms with E-state index in [0.29, 0.717) is 18.2 Å². The first-order valence-electron chi connectivity index (χ1n) is 7.18. The van der Waals surface area contributed by atoms with Crippen LogP contribution >= 0.6 is 0 Å². The molecular weight excluding hydrogens is 212 g/mol. The molecule has 1 rings (SSSR count). The highest BCUT2D eigenvalue weighted by Crippen LogP contribution is 2.23. The van der Waals surface area contributed by atoms with Gasteiger partial charge in [-0.05, 0) is 39.3 Å². The summed E-state index contributed by atoms with van der Waals surface area (Å²) in [5, 5.41) is 3.55. The second-order valence-electron chi connectivity index (χ2n) is 5.64. The maximum absolute atomic E-state index is 5.85. The molecule has 17 heavy (non-hydrogen) atoms. The van der Waals surface area contributed by atoms with Crippen molar-refractivity contribution in [2.45, 2.75) is 64.6 Å². The van der Waals surface area contributed by atoms with E-state index in [1.165, 1.54) is 25.8 Å². The molecule has 0 amide bonds. The first-order chi connectivity index (χ1) is 8.11. The zero-order chi connectivity index (χ0) is 12.7. The van der Waals surface area contributed by atoms with Crippen molar-refractivity contribution in [3.8, 4) is 0 Å². The summed E-state index contributed by atoms with van der Waals surface area (Å²) in [6.07, 6.45) is 5.31. The third-order valence-corrected chi connectivity index (χ3v) is 3.31. The van der Waals surface area contributed by atoms with E-state index >= 15 is 0 Å². The highest BCUT2D eigenvalue weighted by molar-refractivity contribution is 4.86. The lowest BCUT2D eigenvalue weighted by Gasteiger charge is -2.37. The molecular formula is C14H30N2O. The minimum Gasteiger partial charge on any atom is -0.378 e. The van der Waals surface area contributed by atoms with E-state index in [0.717, 1.165) is 19.6 Å². The van der Waals surface area contributed by atoms with Gasteiger partial charge in [-0.15, -0.1) is 0 Å². The quantitative estimate of drug-likeness (QED) is 0.628. The lowest BCUT2D eigenvalue weighted by molar-refractivity contribution is -0.0205. The van der Waals surface area contributed by atoms with Crippen LogP contribution in [0.1, 0.15) is 46.5 Å². The highest BCUT2D eigenvalue weighted by Gasteiger charge is 2.29. The van der Waals surface area contributed by atoms with Gasteiger partial charge in [0.25, 0.3) is 0 Å². The van der Waals surface area contributed by atoms with Gasteiger partial charge in [-0.3, -0.25) is 0 Å². The van der Waals surface area contributed by atoms with Gasteiger partial charge in [-0.2, -0.15) is 0 Å². The van der Waals surface area contributed by atoms with Gasteiger partial charge >= 0.3 is 0 Å². The van der Waals surface area contributed by atoms with E-state index in [1.807, 2.05) is 0 Å². The molecule has 1 fully saturated rings. The summed E-state index contributed by atoms with van der Waals surface area (Å²) in [6.45, 7) is 9.92.